The number of para-hydroxylation sites is 1. The lowest BCUT2D eigenvalue weighted by Gasteiger charge is -2.19. The van der Waals surface area contributed by atoms with Crippen LogP contribution in [0.4, 0.5) is 0 Å². The molecule has 2 aromatic rings. The maximum atomic E-state index is 11.8. The SMILES string of the molecule is CCNC(=NCC(=O)OC(C)(C)C)NC(C)c1cc2ccccc2o1.I. The summed E-state index contributed by atoms with van der Waals surface area (Å²) < 4.78 is 11.1. The summed E-state index contributed by atoms with van der Waals surface area (Å²) in [5.74, 6) is 0.992. The van der Waals surface area contributed by atoms with Crippen LogP contribution < -0.4 is 10.6 Å². The van der Waals surface area contributed by atoms with Gasteiger partial charge in [0.1, 0.15) is 23.5 Å². The number of ether oxygens (including phenoxy) is 1. The minimum atomic E-state index is -0.514. The topological polar surface area (TPSA) is 75.9 Å². The highest BCUT2D eigenvalue weighted by molar-refractivity contribution is 14.0. The Morgan fingerprint density at radius 3 is 2.62 bits per heavy atom. The van der Waals surface area contributed by atoms with E-state index in [4.69, 9.17) is 9.15 Å². The standard InChI is InChI=1S/C19H27N3O3.HI/c1-6-20-18(21-12-17(23)25-19(3,4)5)22-13(2)16-11-14-9-7-8-10-15(14)24-16;/h7-11,13H,6,12H2,1-5H3,(H2,20,21,22);1H. The predicted octanol–water partition coefficient (Wildman–Crippen LogP) is 4.01. The van der Waals surface area contributed by atoms with Gasteiger partial charge in [-0.2, -0.15) is 0 Å². The molecule has 2 rings (SSSR count). The summed E-state index contributed by atoms with van der Waals surface area (Å²) >= 11 is 0. The van der Waals surface area contributed by atoms with Crippen molar-refractivity contribution in [3.63, 3.8) is 0 Å². The minimum absolute atomic E-state index is 0. The smallest absolute Gasteiger partial charge is 0.328 e. The van der Waals surface area contributed by atoms with Crippen LogP contribution in [0.5, 0.6) is 0 Å². The van der Waals surface area contributed by atoms with E-state index >= 15 is 0 Å². The van der Waals surface area contributed by atoms with Gasteiger partial charge in [-0.15, -0.1) is 24.0 Å². The van der Waals surface area contributed by atoms with Crippen LogP contribution in [0.3, 0.4) is 0 Å². The molecule has 1 aromatic heterocycles. The Kier molecular flexibility index (Phi) is 8.39. The zero-order valence-electron chi connectivity index (χ0n) is 16.0. The molecule has 6 nitrogen and oxygen atoms in total. The molecule has 0 fully saturated rings. The molecule has 0 saturated carbocycles. The zero-order valence-corrected chi connectivity index (χ0v) is 18.3. The summed E-state index contributed by atoms with van der Waals surface area (Å²) in [5, 5.41) is 7.43. The van der Waals surface area contributed by atoms with Crippen molar-refractivity contribution in [3.05, 3.63) is 36.1 Å². The van der Waals surface area contributed by atoms with Gasteiger partial charge < -0.3 is 19.8 Å². The number of rotatable bonds is 5. The lowest BCUT2D eigenvalue weighted by atomic mass is 10.2. The molecule has 144 valence electrons. The van der Waals surface area contributed by atoms with E-state index in [1.807, 2.05) is 65.0 Å². The highest BCUT2D eigenvalue weighted by Gasteiger charge is 2.17. The fourth-order valence-electron chi connectivity index (χ4n) is 2.33. The van der Waals surface area contributed by atoms with Crippen LogP contribution in [0.15, 0.2) is 39.7 Å². The molecule has 26 heavy (non-hydrogen) atoms. The molecule has 0 bridgehead atoms. The number of carbonyl (C=O) groups is 1. The monoisotopic (exact) mass is 473 g/mol. The van der Waals surface area contributed by atoms with Gasteiger partial charge in [-0.1, -0.05) is 18.2 Å². The highest BCUT2D eigenvalue weighted by Crippen LogP contribution is 2.23. The number of guanidine groups is 1. The van der Waals surface area contributed by atoms with E-state index in [0.29, 0.717) is 12.5 Å². The first kappa shape index (κ1) is 22.3. The molecular weight excluding hydrogens is 445 g/mol. The number of fused-ring (bicyclic) bond motifs is 1. The Morgan fingerprint density at radius 2 is 2.00 bits per heavy atom. The molecule has 0 saturated heterocycles. The third kappa shape index (κ3) is 6.86. The van der Waals surface area contributed by atoms with Gasteiger partial charge in [0, 0.05) is 11.9 Å². The Bertz CT molecular complexity index is 717. The number of aliphatic imine (C=N–C) groups is 1. The first-order valence-corrected chi connectivity index (χ1v) is 8.53. The number of benzene rings is 1. The molecule has 0 aliphatic heterocycles. The number of halogens is 1. The van der Waals surface area contributed by atoms with Gasteiger partial charge in [0.05, 0.1) is 6.04 Å². The maximum absolute atomic E-state index is 11.8. The van der Waals surface area contributed by atoms with Gasteiger partial charge in [-0.3, -0.25) is 4.79 Å². The molecule has 0 aliphatic rings. The second-order valence-corrected chi connectivity index (χ2v) is 6.83. The van der Waals surface area contributed by atoms with Crippen molar-refractivity contribution in [2.45, 2.75) is 46.3 Å². The summed E-state index contributed by atoms with van der Waals surface area (Å²) in [4.78, 5) is 16.1. The summed E-state index contributed by atoms with van der Waals surface area (Å²) in [6, 6.07) is 9.78. The third-order valence-electron chi connectivity index (χ3n) is 3.36. The predicted molar refractivity (Wildman–Crippen MR) is 115 cm³/mol. The van der Waals surface area contributed by atoms with E-state index in [1.165, 1.54) is 0 Å². The average Bonchev–Trinajstić information content (AvgIpc) is 2.95. The Labute approximate surface area is 171 Å². The van der Waals surface area contributed by atoms with Crippen LogP contribution in [0.1, 0.15) is 46.4 Å². The number of esters is 1. The van der Waals surface area contributed by atoms with Crippen LogP contribution in [0, 0.1) is 0 Å². The van der Waals surface area contributed by atoms with Gasteiger partial charge in [-0.25, -0.2) is 4.99 Å². The summed E-state index contributed by atoms with van der Waals surface area (Å²) in [7, 11) is 0. The zero-order chi connectivity index (χ0) is 18.4. The largest absolute Gasteiger partial charge is 0.459 e. The average molecular weight is 473 g/mol. The lowest BCUT2D eigenvalue weighted by molar-refractivity contribution is -0.152. The minimum Gasteiger partial charge on any atom is -0.459 e. The van der Waals surface area contributed by atoms with Crippen LogP contribution in [-0.4, -0.2) is 30.6 Å². The molecule has 1 aromatic carbocycles. The van der Waals surface area contributed by atoms with Crippen molar-refractivity contribution in [1.82, 2.24) is 10.6 Å². The molecule has 0 spiro atoms. The molecule has 1 heterocycles. The number of hydrogen-bond acceptors (Lipinski definition) is 4. The molecule has 2 N–H and O–H groups in total. The van der Waals surface area contributed by atoms with E-state index in [2.05, 4.69) is 15.6 Å². The summed E-state index contributed by atoms with van der Waals surface area (Å²) in [6.07, 6.45) is 0. The molecule has 0 aliphatic carbocycles. The number of hydrogen-bond donors (Lipinski definition) is 2. The Hall–Kier alpha value is -1.77. The fourth-order valence-corrected chi connectivity index (χ4v) is 2.33. The molecule has 1 unspecified atom stereocenters. The normalized spacial score (nSPS) is 13.0. The third-order valence-corrected chi connectivity index (χ3v) is 3.36. The first-order valence-electron chi connectivity index (χ1n) is 8.53. The number of nitrogens with one attached hydrogen (secondary N) is 2. The molecular formula is C19H28IN3O3. The van der Waals surface area contributed by atoms with Crippen molar-refractivity contribution in [3.8, 4) is 0 Å². The quantitative estimate of drug-likeness (QED) is 0.297. The lowest BCUT2D eigenvalue weighted by Crippen LogP contribution is -2.39. The van der Waals surface area contributed by atoms with Crippen LogP contribution in [0.2, 0.25) is 0 Å². The molecule has 0 radical (unpaired) electrons. The number of carbonyl (C=O) groups excluding carboxylic acids is 1. The van der Waals surface area contributed by atoms with Crippen LogP contribution in [-0.2, 0) is 9.53 Å². The Morgan fingerprint density at radius 1 is 1.31 bits per heavy atom. The van der Waals surface area contributed by atoms with Gasteiger partial charge >= 0.3 is 5.97 Å². The van der Waals surface area contributed by atoms with E-state index < -0.39 is 5.60 Å². The molecule has 0 amide bonds. The van der Waals surface area contributed by atoms with Crippen molar-refractivity contribution in [2.24, 2.45) is 4.99 Å². The van der Waals surface area contributed by atoms with Gasteiger partial charge in [0.25, 0.3) is 0 Å². The van der Waals surface area contributed by atoms with Crippen LogP contribution in [0.25, 0.3) is 11.0 Å². The number of furan rings is 1. The maximum Gasteiger partial charge on any atom is 0.328 e. The van der Waals surface area contributed by atoms with E-state index in [0.717, 1.165) is 16.7 Å². The van der Waals surface area contributed by atoms with Crippen molar-refractivity contribution in [1.29, 1.82) is 0 Å². The fraction of sp³-hybridized carbons (Fsp3) is 0.474. The van der Waals surface area contributed by atoms with Gasteiger partial charge in [0.2, 0.25) is 0 Å². The van der Waals surface area contributed by atoms with Crippen LogP contribution >= 0.6 is 24.0 Å². The van der Waals surface area contributed by atoms with Crippen molar-refractivity contribution in [2.75, 3.05) is 13.1 Å². The van der Waals surface area contributed by atoms with Gasteiger partial charge in [0.15, 0.2) is 5.96 Å². The first-order chi connectivity index (χ1) is 11.8. The van der Waals surface area contributed by atoms with E-state index in [1.54, 1.807) is 0 Å². The van der Waals surface area contributed by atoms with Gasteiger partial charge in [-0.05, 0) is 46.8 Å². The second-order valence-electron chi connectivity index (χ2n) is 6.83. The molecule has 1 atom stereocenters. The van der Waals surface area contributed by atoms with Crippen molar-refractivity contribution < 1.29 is 13.9 Å². The summed E-state index contributed by atoms with van der Waals surface area (Å²) in [5.41, 5.74) is 0.335. The second kappa shape index (κ2) is 9.80. The number of nitrogens with zero attached hydrogens (tertiary/aromatic N) is 1. The van der Waals surface area contributed by atoms with E-state index in [-0.39, 0.29) is 42.5 Å². The molecule has 7 heteroatoms. The summed E-state index contributed by atoms with van der Waals surface area (Å²) in [6.45, 7) is 10.1. The van der Waals surface area contributed by atoms with E-state index in [9.17, 15) is 4.79 Å². The van der Waals surface area contributed by atoms with Crippen molar-refractivity contribution >= 4 is 46.9 Å². The highest BCUT2D eigenvalue weighted by atomic mass is 127. The Balaban J connectivity index is 0.00000338.